The second kappa shape index (κ2) is 5.91. The van der Waals surface area contributed by atoms with Crippen LogP contribution in [0.3, 0.4) is 0 Å². The first kappa shape index (κ1) is 13.0. The van der Waals surface area contributed by atoms with E-state index < -0.39 is 5.97 Å². The number of esters is 1. The lowest BCUT2D eigenvalue weighted by atomic mass is 10.2. The van der Waals surface area contributed by atoms with Crippen LogP contribution in [-0.4, -0.2) is 18.2 Å². The number of aromatic hydroxyl groups is 1. The molecule has 2 aromatic rings. The zero-order valence-electron chi connectivity index (χ0n) is 10.4. The van der Waals surface area contributed by atoms with Gasteiger partial charge in [-0.05, 0) is 35.9 Å². The van der Waals surface area contributed by atoms with Crippen LogP contribution in [0.5, 0.6) is 11.5 Å². The van der Waals surface area contributed by atoms with Crippen LogP contribution < -0.4 is 4.74 Å². The summed E-state index contributed by atoms with van der Waals surface area (Å²) in [5, 5.41) is 9.51. The predicted octanol–water partition coefficient (Wildman–Crippen LogP) is 2.56. The molecule has 4 heteroatoms. The van der Waals surface area contributed by atoms with Crippen LogP contribution in [0.4, 0.5) is 0 Å². The van der Waals surface area contributed by atoms with Crippen LogP contribution in [0, 0.1) is 6.07 Å². The van der Waals surface area contributed by atoms with Crippen LogP contribution in [0.25, 0.3) is 0 Å². The van der Waals surface area contributed by atoms with E-state index in [0.717, 1.165) is 11.3 Å². The zero-order valence-corrected chi connectivity index (χ0v) is 10.4. The van der Waals surface area contributed by atoms with Gasteiger partial charge in [-0.3, -0.25) is 0 Å². The first-order valence-electron chi connectivity index (χ1n) is 5.70. The molecular formula is C15H13O4. The highest BCUT2D eigenvalue weighted by Crippen LogP contribution is 2.17. The number of rotatable bonds is 4. The smallest absolute Gasteiger partial charge is 0.342 e. The van der Waals surface area contributed by atoms with E-state index in [0.29, 0.717) is 0 Å². The minimum absolute atomic E-state index is 0.107. The van der Waals surface area contributed by atoms with Crippen LogP contribution in [0.15, 0.2) is 42.5 Å². The molecule has 0 saturated heterocycles. The number of carbonyl (C=O) groups excluding carboxylic acids is 1. The van der Waals surface area contributed by atoms with E-state index in [1.165, 1.54) is 18.2 Å². The van der Waals surface area contributed by atoms with Gasteiger partial charge in [-0.15, -0.1) is 0 Å². The molecule has 0 aromatic heterocycles. The number of hydrogen-bond acceptors (Lipinski definition) is 4. The summed E-state index contributed by atoms with van der Waals surface area (Å²) in [5.41, 5.74) is 0.949. The largest absolute Gasteiger partial charge is 0.507 e. The van der Waals surface area contributed by atoms with Crippen molar-refractivity contribution < 1.29 is 19.4 Å². The maximum Gasteiger partial charge on any atom is 0.342 e. The average molecular weight is 257 g/mol. The number of carbonyl (C=O) groups is 1. The Kier molecular flexibility index (Phi) is 4.03. The van der Waals surface area contributed by atoms with Gasteiger partial charge in [-0.1, -0.05) is 18.2 Å². The Balaban J connectivity index is 1.98. The molecule has 0 aliphatic rings. The lowest BCUT2D eigenvalue weighted by molar-refractivity contribution is 0.0469. The molecule has 0 unspecified atom stereocenters. The highest BCUT2D eigenvalue weighted by molar-refractivity contribution is 5.92. The number of ether oxygens (including phenoxy) is 2. The molecule has 2 rings (SSSR count). The lowest BCUT2D eigenvalue weighted by Gasteiger charge is -2.06. The zero-order chi connectivity index (χ0) is 13.7. The van der Waals surface area contributed by atoms with Crippen molar-refractivity contribution in [1.82, 2.24) is 0 Å². The van der Waals surface area contributed by atoms with E-state index in [-0.39, 0.29) is 17.9 Å². The van der Waals surface area contributed by atoms with Gasteiger partial charge in [0.05, 0.1) is 7.11 Å². The summed E-state index contributed by atoms with van der Waals surface area (Å²) in [6.07, 6.45) is 0. The molecule has 0 heterocycles. The molecule has 2 aromatic carbocycles. The van der Waals surface area contributed by atoms with Gasteiger partial charge in [-0.2, -0.15) is 0 Å². The van der Waals surface area contributed by atoms with Crippen LogP contribution in [0.1, 0.15) is 15.9 Å². The Hall–Kier alpha value is -2.49. The fraction of sp³-hybridized carbons (Fsp3) is 0.133. The fourth-order valence-corrected chi connectivity index (χ4v) is 1.53. The van der Waals surface area contributed by atoms with Gasteiger partial charge in [-0.25, -0.2) is 4.79 Å². The van der Waals surface area contributed by atoms with E-state index in [9.17, 15) is 9.90 Å². The highest BCUT2D eigenvalue weighted by atomic mass is 16.5. The van der Waals surface area contributed by atoms with E-state index in [1.54, 1.807) is 19.2 Å². The molecule has 4 nitrogen and oxygen atoms in total. The minimum atomic E-state index is -0.579. The van der Waals surface area contributed by atoms with Crippen LogP contribution >= 0.6 is 0 Å². The molecule has 0 amide bonds. The third-order valence-electron chi connectivity index (χ3n) is 2.59. The molecule has 0 fully saturated rings. The summed E-state index contributed by atoms with van der Waals surface area (Å²) >= 11 is 0. The number of phenols is 1. The molecule has 0 aliphatic heterocycles. The Morgan fingerprint density at radius 3 is 2.63 bits per heavy atom. The molecule has 1 N–H and O–H groups in total. The van der Waals surface area contributed by atoms with Gasteiger partial charge in [0.15, 0.2) is 0 Å². The minimum Gasteiger partial charge on any atom is -0.507 e. The van der Waals surface area contributed by atoms with Crippen molar-refractivity contribution in [1.29, 1.82) is 0 Å². The molecule has 19 heavy (non-hydrogen) atoms. The third-order valence-corrected chi connectivity index (χ3v) is 2.59. The SMILES string of the molecule is COc1ccc(COC(=O)c2c[c]ccc2O)cc1. The standard InChI is InChI=1S/C15H13O4/c1-18-12-8-6-11(7-9-12)10-19-15(17)13-4-2-3-5-14(13)16/h3-9,16H,10H2,1H3. The number of hydrogen-bond donors (Lipinski definition) is 1. The van der Waals surface area contributed by atoms with Gasteiger partial charge < -0.3 is 14.6 Å². The van der Waals surface area contributed by atoms with Gasteiger partial charge >= 0.3 is 5.97 Å². The Labute approximate surface area is 111 Å². The van der Waals surface area contributed by atoms with Crippen molar-refractivity contribution >= 4 is 5.97 Å². The summed E-state index contributed by atoms with van der Waals surface area (Å²) in [6, 6.07) is 14.2. The van der Waals surface area contributed by atoms with E-state index >= 15 is 0 Å². The number of methoxy groups -OCH3 is 1. The first-order chi connectivity index (χ1) is 9.20. The second-order valence-corrected chi connectivity index (χ2v) is 3.87. The highest BCUT2D eigenvalue weighted by Gasteiger charge is 2.11. The maximum absolute atomic E-state index is 11.7. The topological polar surface area (TPSA) is 55.8 Å². The van der Waals surface area contributed by atoms with Crippen molar-refractivity contribution in [3.8, 4) is 11.5 Å². The quantitative estimate of drug-likeness (QED) is 0.855. The monoisotopic (exact) mass is 257 g/mol. The van der Waals surface area contributed by atoms with E-state index in [1.807, 2.05) is 12.1 Å². The normalized spacial score (nSPS) is 9.95. The summed E-state index contributed by atoms with van der Waals surface area (Å²) < 4.78 is 10.1. The summed E-state index contributed by atoms with van der Waals surface area (Å²) in [6.45, 7) is 0.136. The molecule has 0 aliphatic carbocycles. The van der Waals surface area contributed by atoms with Gasteiger partial charge in [0.2, 0.25) is 0 Å². The molecule has 0 saturated carbocycles. The lowest BCUT2D eigenvalue weighted by Crippen LogP contribution is -2.05. The summed E-state index contributed by atoms with van der Waals surface area (Å²) in [7, 11) is 1.59. The summed E-state index contributed by atoms with van der Waals surface area (Å²) in [5.74, 6) is 0.0500. The third kappa shape index (κ3) is 3.25. The van der Waals surface area contributed by atoms with Crippen LogP contribution in [-0.2, 0) is 11.3 Å². The predicted molar refractivity (Wildman–Crippen MR) is 69.1 cm³/mol. The van der Waals surface area contributed by atoms with E-state index in [4.69, 9.17) is 9.47 Å². The van der Waals surface area contributed by atoms with Gasteiger partial charge in [0.1, 0.15) is 23.7 Å². The van der Waals surface area contributed by atoms with Gasteiger partial charge in [0.25, 0.3) is 0 Å². The fourth-order valence-electron chi connectivity index (χ4n) is 1.53. The van der Waals surface area contributed by atoms with Crippen molar-refractivity contribution in [2.75, 3.05) is 7.11 Å². The molecule has 0 atom stereocenters. The molecule has 97 valence electrons. The van der Waals surface area contributed by atoms with Crippen molar-refractivity contribution in [3.63, 3.8) is 0 Å². The van der Waals surface area contributed by atoms with Crippen LogP contribution in [0.2, 0.25) is 0 Å². The van der Waals surface area contributed by atoms with Crippen molar-refractivity contribution in [3.05, 3.63) is 59.7 Å². The molecule has 0 spiro atoms. The second-order valence-electron chi connectivity index (χ2n) is 3.87. The van der Waals surface area contributed by atoms with Crippen molar-refractivity contribution in [2.45, 2.75) is 6.61 Å². The molecule has 1 radical (unpaired) electrons. The Morgan fingerprint density at radius 2 is 2.00 bits per heavy atom. The number of phenolic OH excluding ortho intramolecular Hbond substituents is 1. The summed E-state index contributed by atoms with van der Waals surface area (Å²) in [4.78, 5) is 11.7. The molecule has 0 bridgehead atoms. The average Bonchev–Trinajstić information content (AvgIpc) is 2.46. The Morgan fingerprint density at radius 1 is 1.26 bits per heavy atom. The van der Waals surface area contributed by atoms with E-state index in [2.05, 4.69) is 6.07 Å². The Bertz CT molecular complexity index is 561. The van der Waals surface area contributed by atoms with Gasteiger partial charge in [0, 0.05) is 0 Å². The maximum atomic E-state index is 11.7. The number of benzene rings is 2. The first-order valence-corrected chi connectivity index (χ1v) is 5.70. The molecular weight excluding hydrogens is 244 g/mol. The van der Waals surface area contributed by atoms with Crippen molar-refractivity contribution in [2.24, 2.45) is 0 Å².